The first-order chi connectivity index (χ1) is 11.3. The summed E-state index contributed by atoms with van der Waals surface area (Å²) in [6.07, 6.45) is 0. The summed E-state index contributed by atoms with van der Waals surface area (Å²) in [5, 5.41) is 11.6. The second-order valence-electron chi connectivity index (χ2n) is 5.82. The Hall–Kier alpha value is -2.82. The van der Waals surface area contributed by atoms with Crippen molar-refractivity contribution >= 4 is 17.6 Å². The molecule has 126 valence electrons. The fourth-order valence-corrected chi connectivity index (χ4v) is 2.52. The van der Waals surface area contributed by atoms with Crippen molar-refractivity contribution in [1.82, 2.24) is 0 Å². The topological polar surface area (TPSA) is 75.6 Å². The fourth-order valence-electron chi connectivity index (χ4n) is 2.52. The average molecular weight is 327 g/mol. The number of ether oxygens (including phenoxy) is 1. The molecule has 0 spiro atoms. The first-order valence-corrected chi connectivity index (χ1v) is 7.63. The lowest BCUT2D eigenvalue weighted by atomic mass is 10.0. The van der Waals surface area contributed by atoms with E-state index in [1.165, 1.54) is 0 Å². The Morgan fingerprint density at radius 2 is 1.67 bits per heavy atom. The van der Waals surface area contributed by atoms with E-state index in [1.54, 1.807) is 26.0 Å². The zero-order valence-corrected chi connectivity index (χ0v) is 14.3. The van der Waals surface area contributed by atoms with Gasteiger partial charge in [-0.25, -0.2) is 4.79 Å². The van der Waals surface area contributed by atoms with Crippen LogP contribution in [0, 0.1) is 27.7 Å². The second kappa shape index (κ2) is 7.17. The van der Waals surface area contributed by atoms with Gasteiger partial charge in [-0.2, -0.15) is 0 Å². The van der Waals surface area contributed by atoms with E-state index < -0.39 is 12.6 Å². The molecule has 24 heavy (non-hydrogen) atoms. The van der Waals surface area contributed by atoms with Gasteiger partial charge in [-0.1, -0.05) is 12.1 Å². The normalized spacial score (nSPS) is 10.3. The number of carboxylic acids is 1. The summed E-state index contributed by atoms with van der Waals surface area (Å²) in [6.45, 7) is 7.13. The minimum Gasteiger partial charge on any atom is -0.481 e. The van der Waals surface area contributed by atoms with Crippen LogP contribution in [0.3, 0.4) is 0 Å². The van der Waals surface area contributed by atoms with E-state index in [9.17, 15) is 9.59 Å². The van der Waals surface area contributed by atoms with Crippen LogP contribution >= 0.6 is 0 Å². The number of carbonyl (C=O) groups excluding carboxylic acids is 1. The summed E-state index contributed by atoms with van der Waals surface area (Å²) in [7, 11) is 0. The maximum absolute atomic E-state index is 12.5. The summed E-state index contributed by atoms with van der Waals surface area (Å²) in [6, 6.07) is 9.16. The maximum Gasteiger partial charge on any atom is 0.341 e. The Morgan fingerprint density at radius 1 is 1.04 bits per heavy atom. The number of rotatable bonds is 5. The minimum absolute atomic E-state index is 0.209. The third-order valence-electron chi connectivity index (χ3n) is 3.92. The quantitative estimate of drug-likeness (QED) is 0.879. The van der Waals surface area contributed by atoms with Crippen molar-refractivity contribution in [2.24, 2.45) is 0 Å². The molecule has 0 radical (unpaired) electrons. The maximum atomic E-state index is 12.5. The molecule has 0 aliphatic carbocycles. The predicted octanol–water partition coefficient (Wildman–Crippen LogP) is 3.64. The molecule has 2 aromatic carbocycles. The number of aryl methyl sites for hydroxylation is 3. The number of nitrogens with one attached hydrogen (secondary N) is 1. The highest BCUT2D eigenvalue weighted by Crippen LogP contribution is 2.26. The molecule has 0 saturated heterocycles. The van der Waals surface area contributed by atoms with Gasteiger partial charge in [0.1, 0.15) is 5.75 Å². The van der Waals surface area contributed by atoms with Crippen molar-refractivity contribution in [1.29, 1.82) is 0 Å². The summed E-state index contributed by atoms with van der Waals surface area (Å²) in [5.41, 5.74) is 4.87. The third-order valence-corrected chi connectivity index (χ3v) is 3.92. The zero-order valence-electron chi connectivity index (χ0n) is 14.3. The first-order valence-electron chi connectivity index (χ1n) is 7.63. The molecule has 2 aromatic rings. The van der Waals surface area contributed by atoms with Gasteiger partial charge in [-0.3, -0.25) is 4.79 Å². The molecular formula is C19H21NO4. The Labute approximate surface area is 141 Å². The number of carbonyl (C=O) groups is 2. The summed E-state index contributed by atoms with van der Waals surface area (Å²) < 4.78 is 5.29. The fraction of sp³-hybridized carbons (Fsp3) is 0.263. The van der Waals surface area contributed by atoms with Crippen molar-refractivity contribution in [2.45, 2.75) is 27.7 Å². The van der Waals surface area contributed by atoms with Gasteiger partial charge in [-0.15, -0.1) is 0 Å². The van der Waals surface area contributed by atoms with Gasteiger partial charge in [-0.05, 0) is 68.1 Å². The average Bonchev–Trinajstić information content (AvgIpc) is 2.50. The molecule has 1 amide bonds. The van der Waals surface area contributed by atoms with Crippen LogP contribution in [0.5, 0.6) is 5.75 Å². The van der Waals surface area contributed by atoms with E-state index in [4.69, 9.17) is 9.84 Å². The third kappa shape index (κ3) is 3.93. The molecule has 0 fully saturated rings. The van der Waals surface area contributed by atoms with Crippen LogP contribution in [0.25, 0.3) is 0 Å². The van der Waals surface area contributed by atoms with E-state index in [2.05, 4.69) is 5.32 Å². The SMILES string of the molecule is Cc1cccc(NC(=O)c2cc(C)c(OCC(=O)O)c(C)c2)c1C. The van der Waals surface area contributed by atoms with Gasteiger partial charge in [0.2, 0.25) is 0 Å². The van der Waals surface area contributed by atoms with Gasteiger partial charge in [0.05, 0.1) is 0 Å². The van der Waals surface area contributed by atoms with Crippen molar-refractivity contribution in [3.05, 3.63) is 58.1 Å². The number of carboxylic acid groups (broad SMARTS) is 1. The smallest absolute Gasteiger partial charge is 0.341 e. The van der Waals surface area contributed by atoms with Crippen LogP contribution in [-0.4, -0.2) is 23.6 Å². The number of benzene rings is 2. The molecule has 5 heteroatoms. The van der Waals surface area contributed by atoms with Crippen LogP contribution in [0.1, 0.15) is 32.6 Å². The Morgan fingerprint density at radius 3 is 2.25 bits per heavy atom. The van der Waals surface area contributed by atoms with Crippen LogP contribution < -0.4 is 10.1 Å². The van der Waals surface area contributed by atoms with Gasteiger partial charge in [0, 0.05) is 11.3 Å². The minimum atomic E-state index is -1.04. The molecule has 0 heterocycles. The molecule has 0 saturated carbocycles. The molecule has 5 nitrogen and oxygen atoms in total. The number of amides is 1. The molecular weight excluding hydrogens is 306 g/mol. The van der Waals surface area contributed by atoms with E-state index in [1.807, 2.05) is 32.0 Å². The van der Waals surface area contributed by atoms with E-state index in [0.717, 1.165) is 27.9 Å². The van der Waals surface area contributed by atoms with E-state index in [0.29, 0.717) is 11.3 Å². The van der Waals surface area contributed by atoms with Gasteiger partial charge >= 0.3 is 5.97 Å². The predicted molar refractivity (Wildman–Crippen MR) is 92.9 cm³/mol. The zero-order chi connectivity index (χ0) is 17.9. The van der Waals surface area contributed by atoms with Crippen LogP contribution in [-0.2, 0) is 4.79 Å². The standard InChI is InChI=1S/C19H21NO4/c1-11-6-5-7-16(14(11)4)20-19(23)15-8-12(2)18(13(3)9-15)24-10-17(21)22/h5-9H,10H2,1-4H3,(H,20,23)(H,21,22). The van der Waals surface area contributed by atoms with E-state index in [-0.39, 0.29) is 5.91 Å². The molecule has 0 bridgehead atoms. The Kier molecular flexibility index (Phi) is 5.24. The van der Waals surface area contributed by atoms with Crippen molar-refractivity contribution in [3.8, 4) is 5.75 Å². The highest BCUT2D eigenvalue weighted by molar-refractivity contribution is 6.05. The molecule has 0 atom stereocenters. The lowest BCUT2D eigenvalue weighted by Crippen LogP contribution is -2.15. The lowest BCUT2D eigenvalue weighted by Gasteiger charge is -2.14. The van der Waals surface area contributed by atoms with Crippen LogP contribution in [0.2, 0.25) is 0 Å². The Bertz CT molecular complexity index is 773. The first kappa shape index (κ1) is 17.5. The lowest BCUT2D eigenvalue weighted by molar-refractivity contribution is -0.139. The summed E-state index contributed by atoms with van der Waals surface area (Å²) >= 11 is 0. The highest BCUT2D eigenvalue weighted by Gasteiger charge is 2.14. The monoisotopic (exact) mass is 327 g/mol. The largest absolute Gasteiger partial charge is 0.481 e. The Balaban J connectivity index is 2.24. The van der Waals surface area contributed by atoms with Gasteiger partial charge in [0.15, 0.2) is 6.61 Å². The van der Waals surface area contributed by atoms with Gasteiger partial charge in [0.25, 0.3) is 5.91 Å². The molecule has 0 aliphatic rings. The number of anilines is 1. The number of aliphatic carboxylic acids is 1. The summed E-state index contributed by atoms with van der Waals surface area (Å²) in [4.78, 5) is 23.2. The molecule has 0 unspecified atom stereocenters. The van der Waals surface area contributed by atoms with Crippen molar-refractivity contribution < 1.29 is 19.4 Å². The van der Waals surface area contributed by atoms with E-state index >= 15 is 0 Å². The summed E-state index contributed by atoms with van der Waals surface area (Å²) in [5.74, 6) is -0.745. The van der Waals surface area contributed by atoms with Gasteiger partial charge < -0.3 is 15.2 Å². The van der Waals surface area contributed by atoms with Crippen LogP contribution in [0.4, 0.5) is 5.69 Å². The second-order valence-corrected chi connectivity index (χ2v) is 5.82. The molecule has 0 aromatic heterocycles. The molecule has 2 rings (SSSR count). The highest BCUT2D eigenvalue weighted by atomic mass is 16.5. The van der Waals surface area contributed by atoms with Crippen molar-refractivity contribution in [2.75, 3.05) is 11.9 Å². The number of hydrogen-bond donors (Lipinski definition) is 2. The van der Waals surface area contributed by atoms with Crippen LogP contribution in [0.15, 0.2) is 30.3 Å². The molecule has 0 aliphatic heterocycles. The number of hydrogen-bond acceptors (Lipinski definition) is 3. The van der Waals surface area contributed by atoms with Crippen molar-refractivity contribution in [3.63, 3.8) is 0 Å². The molecule has 2 N–H and O–H groups in total.